The molecule has 0 fully saturated rings. The van der Waals surface area contributed by atoms with Crippen molar-refractivity contribution in [2.45, 2.75) is 24.7 Å². The van der Waals surface area contributed by atoms with Gasteiger partial charge >= 0.3 is 0 Å². The molecule has 0 bridgehead atoms. The third-order valence-corrected chi connectivity index (χ3v) is 7.52. The molecule has 2 aromatic rings. The summed E-state index contributed by atoms with van der Waals surface area (Å²) in [7, 11) is -1.000. The van der Waals surface area contributed by atoms with E-state index in [1.807, 2.05) is 11.8 Å². The zero-order chi connectivity index (χ0) is 10.9. The molecule has 2 aromatic heterocycles. The van der Waals surface area contributed by atoms with Crippen LogP contribution >= 0.6 is 23.1 Å². The Bertz CT molecular complexity index is 462. The molecular weight excluding hydrogens is 240 g/mol. The van der Waals surface area contributed by atoms with E-state index in [4.69, 9.17) is 0 Å². The van der Waals surface area contributed by atoms with Gasteiger partial charge in [0, 0.05) is 0 Å². The summed E-state index contributed by atoms with van der Waals surface area (Å²) in [6, 6.07) is 2.06. The largest absolute Gasteiger partial charge is 0.235 e. The van der Waals surface area contributed by atoms with Gasteiger partial charge < -0.3 is 0 Å². The highest BCUT2D eigenvalue weighted by Crippen LogP contribution is 2.29. The van der Waals surface area contributed by atoms with E-state index in [9.17, 15) is 0 Å². The second-order valence-electron chi connectivity index (χ2n) is 4.66. The minimum atomic E-state index is -1.000. The third-order valence-electron chi connectivity index (χ3n) is 1.85. The number of thiophene rings is 1. The SMILES string of the molecule is C[Si](C)(C)CSc1ncnc2ccsc12. The van der Waals surface area contributed by atoms with Crippen LogP contribution in [0.2, 0.25) is 19.6 Å². The Morgan fingerprint density at radius 2 is 2.13 bits per heavy atom. The summed E-state index contributed by atoms with van der Waals surface area (Å²) in [5, 5.41) is 4.45. The Morgan fingerprint density at radius 3 is 2.87 bits per heavy atom. The molecule has 5 heteroatoms. The van der Waals surface area contributed by atoms with Crippen LogP contribution in [0.4, 0.5) is 0 Å². The van der Waals surface area contributed by atoms with E-state index < -0.39 is 8.07 Å². The van der Waals surface area contributed by atoms with Crippen LogP contribution < -0.4 is 0 Å². The average Bonchev–Trinajstić information content (AvgIpc) is 2.61. The normalized spacial score (nSPS) is 12.2. The van der Waals surface area contributed by atoms with Gasteiger partial charge in [0.15, 0.2) is 0 Å². The van der Waals surface area contributed by atoms with Gasteiger partial charge in [-0.2, -0.15) is 0 Å². The Balaban J connectivity index is 2.24. The number of nitrogens with zero attached hydrogens (tertiary/aromatic N) is 2. The molecule has 0 N–H and O–H groups in total. The maximum Gasteiger partial charge on any atom is 0.117 e. The van der Waals surface area contributed by atoms with Crippen LogP contribution in [-0.2, 0) is 0 Å². The van der Waals surface area contributed by atoms with E-state index in [-0.39, 0.29) is 0 Å². The highest BCUT2D eigenvalue weighted by molar-refractivity contribution is 8.01. The summed E-state index contributed by atoms with van der Waals surface area (Å²) in [5.41, 5.74) is 1.08. The Hall–Kier alpha value is -0.393. The van der Waals surface area contributed by atoms with Crippen LogP contribution in [-0.4, -0.2) is 23.4 Å². The fraction of sp³-hybridized carbons (Fsp3) is 0.400. The summed E-state index contributed by atoms with van der Waals surface area (Å²) in [6.45, 7) is 7.15. The zero-order valence-corrected chi connectivity index (χ0v) is 11.8. The highest BCUT2D eigenvalue weighted by atomic mass is 32.2. The van der Waals surface area contributed by atoms with Crippen molar-refractivity contribution in [1.29, 1.82) is 0 Å². The molecule has 0 saturated heterocycles. The lowest BCUT2D eigenvalue weighted by Gasteiger charge is -2.14. The highest BCUT2D eigenvalue weighted by Gasteiger charge is 2.15. The molecule has 2 heterocycles. The maximum atomic E-state index is 4.37. The maximum absolute atomic E-state index is 4.37. The lowest BCUT2D eigenvalue weighted by molar-refractivity contribution is 1.11. The molecule has 0 unspecified atom stereocenters. The van der Waals surface area contributed by atoms with Crippen molar-refractivity contribution in [3.8, 4) is 0 Å². The van der Waals surface area contributed by atoms with E-state index in [2.05, 4.69) is 41.1 Å². The molecule has 0 aliphatic heterocycles. The van der Waals surface area contributed by atoms with E-state index in [1.165, 1.54) is 10.1 Å². The molecule has 15 heavy (non-hydrogen) atoms. The van der Waals surface area contributed by atoms with Crippen molar-refractivity contribution in [1.82, 2.24) is 9.97 Å². The van der Waals surface area contributed by atoms with E-state index in [0.29, 0.717) is 0 Å². The van der Waals surface area contributed by atoms with Gasteiger partial charge in [0.25, 0.3) is 0 Å². The molecule has 0 saturated carbocycles. The van der Waals surface area contributed by atoms with Crippen LogP contribution in [0.1, 0.15) is 0 Å². The van der Waals surface area contributed by atoms with Gasteiger partial charge in [-0.05, 0) is 16.8 Å². The molecule has 0 atom stereocenters. The number of thioether (sulfide) groups is 1. The van der Waals surface area contributed by atoms with Crippen LogP contribution in [0.5, 0.6) is 0 Å². The molecule has 0 spiro atoms. The number of fused-ring (bicyclic) bond motifs is 1. The van der Waals surface area contributed by atoms with E-state index in [0.717, 1.165) is 10.5 Å². The van der Waals surface area contributed by atoms with Crippen LogP contribution in [0, 0.1) is 0 Å². The summed E-state index contributed by atoms with van der Waals surface area (Å²) in [5.74, 6) is 0. The smallest absolute Gasteiger partial charge is 0.117 e. The first-order valence-corrected chi connectivity index (χ1v) is 10.4. The summed E-state index contributed by atoms with van der Waals surface area (Å²) < 4.78 is 1.24. The van der Waals surface area contributed by atoms with Crippen molar-refractivity contribution < 1.29 is 0 Å². The van der Waals surface area contributed by atoms with Crippen LogP contribution in [0.25, 0.3) is 10.2 Å². The minimum absolute atomic E-state index is 1.000. The number of hydrogen-bond acceptors (Lipinski definition) is 4. The van der Waals surface area contributed by atoms with Crippen LogP contribution in [0.15, 0.2) is 22.8 Å². The predicted octanol–water partition coefficient (Wildman–Crippen LogP) is 3.66. The quantitative estimate of drug-likeness (QED) is 0.475. The Kier molecular flexibility index (Phi) is 3.13. The van der Waals surface area contributed by atoms with Crippen molar-refractivity contribution in [2.75, 3.05) is 5.38 Å². The summed E-state index contributed by atoms with van der Waals surface area (Å²) in [4.78, 5) is 8.61. The van der Waals surface area contributed by atoms with E-state index >= 15 is 0 Å². The van der Waals surface area contributed by atoms with Crippen LogP contribution in [0.3, 0.4) is 0 Å². The fourth-order valence-electron chi connectivity index (χ4n) is 1.15. The number of rotatable bonds is 3. The van der Waals surface area contributed by atoms with Gasteiger partial charge in [-0.25, -0.2) is 9.97 Å². The lowest BCUT2D eigenvalue weighted by atomic mass is 10.5. The molecule has 0 aliphatic rings. The van der Waals surface area contributed by atoms with Crippen molar-refractivity contribution in [3.05, 3.63) is 17.8 Å². The first-order valence-electron chi connectivity index (χ1n) is 4.87. The van der Waals surface area contributed by atoms with Gasteiger partial charge in [0.2, 0.25) is 0 Å². The van der Waals surface area contributed by atoms with Gasteiger partial charge in [-0.1, -0.05) is 19.6 Å². The van der Waals surface area contributed by atoms with Crippen molar-refractivity contribution in [2.24, 2.45) is 0 Å². The first kappa shape index (κ1) is 11.1. The van der Waals surface area contributed by atoms with Gasteiger partial charge in [0.05, 0.1) is 18.3 Å². The third kappa shape index (κ3) is 2.80. The standard InChI is InChI=1S/C10H14N2S2Si/c1-15(2,3)7-14-10-9-8(4-5-13-9)11-6-12-10/h4-6H,7H2,1-3H3. The Morgan fingerprint density at radius 1 is 1.33 bits per heavy atom. The second kappa shape index (κ2) is 4.23. The van der Waals surface area contributed by atoms with E-state index in [1.54, 1.807) is 17.7 Å². The molecular formula is C10H14N2S2Si. The molecule has 0 aliphatic carbocycles. The summed E-state index contributed by atoms with van der Waals surface area (Å²) >= 11 is 3.62. The molecule has 0 amide bonds. The Labute approximate surface area is 99.2 Å². The second-order valence-corrected chi connectivity index (χ2v) is 12.5. The molecule has 0 radical (unpaired) electrons. The molecule has 80 valence electrons. The van der Waals surface area contributed by atoms with Gasteiger partial charge in [-0.3, -0.25) is 0 Å². The zero-order valence-electron chi connectivity index (χ0n) is 9.15. The number of aromatic nitrogens is 2. The monoisotopic (exact) mass is 254 g/mol. The average molecular weight is 254 g/mol. The predicted molar refractivity (Wildman–Crippen MR) is 71.5 cm³/mol. The first-order chi connectivity index (χ1) is 7.06. The van der Waals surface area contributed by atoms with Crippen molar-refractivity contribution >= 4 is 41.4 Å². The molecule has 2 rings (SSSR count). The molecule has 0 aromatic carbocycles. The van der Waals surface area contributed by atoms with Gasteiger partial charge in [0.1, 0.15) is 11.4 Å². The van der Waals surface area contributed by atoms with Crippen molar-refractivity contribution in [3.63, 3.8) is 0 Å². The lowest BCUT2D eigenvalue weighted by Crippen LogP contribution is -2.23. The fourth-order valence-corrected chi connectivity index (χ4v) is 4.84. The topological polar surface area (TPSA) is 25.8 Å². The number of hydrogen-bond donors (Lipinski definition) is 0. The minimum Gasteiger partial charge on any atom is -0.235 e. The summed E-state index contributed by atoms with van der Waals surface area (Å²) in [6.07, 6.45) is 1.67. The van der Waals surface area contributed by atoms with Gasteiger partial charge in [-0.15, -0.1) is 23.1 Å². The molecule has 2 nitrogen and oxygen atoms in total.